The van der Waals surface area contributed by atoms with Gasteiger partial charge in [0.05, 0.1) is 13.2 Å². The third-order valence-corrected chi connectivity index (χ3v) is 8.08. The molecule has 0 aliphatic rings. The minimum Gasteiger partial charge on any atom is -0.394 e. The van der Waals surface area contributed by atoms with Crippen LogP contribution >= 0.6 is 0 Å². The zero-order valence-electron chi connectivity index (χ0n) is 26.8. The molecule has 0 fully saturated rings. The largest absolute Gasteiger partial charge is 0.394 e. The maximum Gasteiger partial charge on any atom is 0.0611 e. The molecule has 2 unspecified atom stereocenters. The summed E-state index contributed by atoms with van der Waals surface area (Å²) in [6.45, 7) is 8.92. The third kappa shape index (κ3) is 30.4. The maximum atomic E-state index is 9.42. The molecular formula is C34H74N2O2. The molecule has 0 spiro atoms. The molecule has 232 valence electrons. The molecule has 0 rings (SSSR count). The highest BCUT2D eigenvalue weighted by atomic mass is 16.3. The lowest BCUT2D eigenvalue weighted by molar-refractivity contribution is 0.171. The highest BCUT2D eigenvalue weighted by Crippen LogP contribution is 2.20. The average Bonchev–Trinajstić information content (AvgIpc) is 2.91. The smallest absolute Gasteiger partial charge is 0.0611 e. The summed E-state index contributed by atoms with van der Waals surface area (Å²) in [6, 6.07) is 0. The molecule has 0 saturated heterocycles. The van der Waals surface area contributed by atoms with E-state index in [1.165, 1.54) is 141 Å². The summed E-state index contributed by atoms with van der Waals surface area (Å²) in [5.41, 5.74) is 11.5. The number of rotatable bonds is 28. The molecule has 0 bridgehead atoms. The third-order valence-electron chi connectivity index (χ3n) is 8.08. The van der Waals surface area contributed by atoms with Crippen molar-refractivity contribution in [3.63, 3.8) is 0 Å². The van der Waals surface area contributed by atoms with Gasteiger partial charge in [0.2, 0.25) is 0 Å². The Balaban J connectivity index is 0. The minimum absolute atomic E-state index is 0.103. The van der Waals surface area contributed by atoms with E-state index in [-0.39, 0.29) is 24.3 Å². The second-order valence-corrected chi connectivity index (χ2v) is 12.7. The van der Waals surface area contributed by atoms with Crippen molar-refractivity contribution < 1.29 is 10.2 Å². The van der Waals surface area contributed by atoms with Crippen molar-refractivity contribution in [1.82, 2.24) is 0 Å². The van der Waals surface area contributed by atoms with Crippen LogP contribution in [0.2, 0.25) is 0 Å². The molecular weight excluding hydrogens is 468 g/mol. The highest BCUT2D eigenvalue weighted by Gasteiger charge is 2.22. The Bertz CT molecular complexity index is 444. The number of nitrogens with two attached hydrogens (primary N) is 2. The Labute approximate surface area is 240 Å². The monoisotopic (exact) mass is 543 g/mol. The first-order valence-corrected chi connectivity index (χ1v) is 17.1. The molecule has 6 N–H and O–H groups in total. The number of aliphatic hydroxyl groups is 2. The van der Waals surface area contributed by atoms with Crippen LogP contribution in [0.5, 0.6) is 0 Å². The van der Waals surface area contributed by atoms with Gasteiger partial charge in [0.1, 0.15) is 0 Å². The van der Waals surface area contributed by atoms with Gasteiger partial charge in [-0.05, 0) is 26.2 Å². The van der Waals surface area contributed by atoms with E-state index in [4.69, 9.17) is 16.6 Å². The SMILES string of the molecule is CCCCCCCC(N)(CO)CCCCCC.CCCCCCCCCCCCCCCCC(C)(N)CO. The van der Waals surface area contributed by atoms with E-state index in [9.17, 15) is 5.11 Å². The van der Waals surface area contributed by atoms with Gasteiger partial charge < -0.3 is 21.7 Å². The van der Waals surface area contributed by atoms with Crippen LogP contribution in [0.4, 0.5) is 0 Å². The minimum atomic E-state index is -0.364. The average molecular weight is 543 g/mol. The van der Waals surface area contributed by atoms with Gasteiger partial charge in [-0.3, -0.25) is 0 Å². The van der Waals surface area contributed by atoms with Gasteiger partial charge in [-0.1, -0.05) is 168 Å². The van der Waals surface area contributed by atoms with Crippen molar-refractivity contribution >= 4 is 0 Å². The summed E-state index contributed by atoms with van der Waals surface area (Å²) in [5.74, 6) is 0. The number of unbranched alkanes of at least 4 members (excludes halogenated alkanes) is 20. The van der Waals surface area contributed by atoms with Crippen LogP contribution in [0, 0.1) is 0 Å². The number of hydrogen-bond donors (Lipinski definition) is 4. The van der Waals surface area contributed by atoms with Crippen LogP contribution in [0.25, 0.3) is 0 Å². The second-order valence-electron chi connectivity index (χ2n) is 12.7. The Morgan fingerprint density at radius 1 is 0.395 bits per heavy atom. The summed E-state index contributed by atoms with van der Waals surface area (Å²) in [5, 5.41) is 18.5. The first-order valence-electron chi connectivity index (χ1n) is 17.1. The molecule has 0 aromatic rings. The van der Waals surface area contributed by atoms with Crippen LogP contribution in [0.3, 0.4) is 0 Å². The Hall–Kier alpha value is -0.160. The van der Waals surface area contributed by atoms with E-state index in [0.717, 1.165) is 25.7 Å². The second kappa shape index (κ2) is 29.8. The van der Waals surface area contributed by atoms with E-state index < -0.39 is 0 Å². The lowest BCUT2D eigenvalue weighted by atomic mass is 9.88. The fourth-order valence-electron chi connectivity index (χ4n) is 5.07. The quantitative estimate of drug-likeness (QED) is 0.0740. The molecule has 0 saturated carbocycles. The van der Waals surface area contributed by atoms with Crippen LogP contribution in [-0.2, 0) is 0 Å². The predicted molar refractivity (Wildman–Crippen MR) is 171 cm³/mol. The van der Waals surface area contributed by atoms with Crippen molar-refractivity contribution in [3.05, 3.63) is 0 Å². The number of hydrogen-bond acceptors (Lipinski definition) is 4. The molecule has 2 atom stereocenters. The molecule has 0 radical (unpaired) electrons. The molecule has 38 heavy (non-hydrogen) atoms. The van der Waals surface area contributed by atoms with Crippen molar-refractivity contribution in [1.29, 1.82) is 0 Å². The van der Waals surface area contributed by atoms with E-state index in [1.54, 1.807) is 0 Å². The topological polar surface area (TPSA) is 92.5 Å². The Kier molecular flexibility index (Phi) is 31.4. The Morgan fingerprint density at radius 3 is 0.947 bits per heavy atom. The van der Waals surface area contributed by atoms with E-state index >= 15 is 0 Å². The van der Waals surface area contributed by atoms with Gasteiger partial charge in [-0.15, -0.1) is 0 Å². The molecule has 4 heteroatoms. The summed E-state index contributed by atoms with van der Waals surface area (Å²) in [6.07, 6.45) is 33.6. The molecule has 0 aromatic carbocycles. The van der Waals surface area contributed by atoms with Crippen LogP contribution < -0.4 is 11.5 Å². The van der Waals surface area contributed by atoms with Gasteiger partial charge in [0.15, 0.2) is 0 Å². The van der Waals surface area contributed by atoms with E-state index in [2.05, 4.69) is 20.8 Å². The van der Waals surface area contributed by atoms with Gasteiger partial charge >= 0.3 is 0 Å². The van der Waals surface area contributed by atoms with Gasteiger partial charge in [-0.2, -0.15) is 0 Å². The molecule has 0 amide bonds. The lowest BCUT2D eigenvalue weighted by Crippen LogP contribution is -2.43. The maximum absolute atomic E-state index is 9.42. The predicted octanol–water partition coefficient (Wildman–Crippen LogP) is 9.57. The van der Waals surface area contributed by atoms with Crippen LogP contribution in [0.1, 0.15) is 195 Å². The zero-order chi connectivity index (χ0) is 28.8. The zero-order valence-corrected chi connectivity index (χ0v) is 26.8. The van der Waals surface area contributed by atoms with Crippen molar-refractivity contribution in [2.45, 2.75) is 206 Å². The van der Waals surface area contributed by atoms with E-state index in [1.807, 2.05) is 6.92 Å². The van der Waals surface area contributed by atoms with Gasteiger partial charge in [-0.25, -0.2) is 0 Å². The summed E-state index contributed by atoms with van der Waals surface area (Å²) >= 11 is 0. The Morgan fingerprint density at radius 2 is 0.658 bits per heavy atom. The van der Waals surface area contributed by atoms with Gasteiger partial charge in [0.25, 0.3) is 0 Å². The lowest BCUT2D eigenvalue weighted by Gasteiger charge is -2.27. The first-order chi connectivity index (χ1) is 18.3. The molecule has 0 aromatic heterocycles. The van der Waals surface area contributed by atoms with Crippen molar-refractivity contribution in [2.24, 2.45) is 11.5 Å². The van der Waals surface area contributed by atoms with Crippen LogP contribution in [-0.4, -0.2) is 34.5 Å². The standard InChI is InChI=1S/C19H41NO.C15H33NO/c1-3-4-5-6-7-8-9-10-11-12-13-14-15-16-17-19(2,20)18-21;1-3-5-7-9-11-13-15(16,14-17)12-10-8-6-4-2/h21H,3-18,20H2,1-2H3;17H,3-14,16H2,1-2H3. The normalized spacial score (nSPS) is 14.5. The van der Waals surface area contributed by atoms with E-state index in [0.29, 0.717) is 0 Å². The fraction of sp³-hybridized carbons (Fsp3) is 1.00. The van der Waals surface area contributed by atoms with Crippen molar-refractivity contribution in [2.75, 3.05) is 13.2 Å². The van der Waals surface area contributed by atoms with Gasteiger partial charge in [0, 0.05) is 11.1 Å². The van der Waals surface area contributed by atoms with Crippen LogP contribution in [0.15, 0.2) is 0 Å². The summed E-state index contributed by atoms with van der Waals surface area (Å²) in [4.78, 5) is 0. The molecule has 0 aliphatic carbocycles. The molecule has 0 heterocycles. The summed E-state index contributed by atoms with van der Waals surface area (Å²) < 4.78 is 0. The van der Waals surface area contributed by atoms with Crippen molar-refractivity contribution in [3.8, 4) is 0 Å². The fourth-order valence-corrected chi connectivity index (χ4v) is 5.07. The summed E-state index contributed by atoms with van der Waals surface area (Å²) in [7, 11) is 0. The molecule has 4 nitrogen and oxygen atoms in total. The number of aliphatic hydroxyl groups excluding tert-OH is 2. The first kappa shape index (κ1) is 40.0. The highest BCUT2D eigenvalue weighted by molar-refractivity contribution is 4.83. The molecule has 0 aliphatic heterocycles.